The van der Waals surface area contributed by atoms with E-state index < -0.39 is 0 Å². The first kappa shape index (κ1) is 8.96. The molecule has 78 valence electrons. The van der Waals surface area contributed by atoms with Gasteiger partial charge in [-0.1, -0.05) is 30.3 Å². The molecule has 0 atom stereocenters. The third kappa shape index (κ3) is 1.25. The average Bonchev–Trinajstić information content (AvgIpc) is 2.80. The smallest absolute Gasteiger partial charge is 0.198 e. The van der Waals surface area contributed by atoms with Crippen LogP contribution in [-0.2, 0) is 0 Å². The van der Waals surface area contributed by atoms with Crippen molar-refractivity contribution in [2.75, 3.05) is 0 Å². The molecule has 0 unspecified atom stereocenters. The first-order valence-electron chi connectivity index (χ1n) is 4.95. The van der Waals surface area contributed by atoms with Crippen LogP contribution in [0.1, 0.15) is 5.69 Å². The van der Waals surface area contributed by atoms with E-state index in [4.69, 9.17) is 0 Å². The maximum absolute atomic E-state index is 4.18. The summed E-state index contributed by atoms with van der Waals surface area (Å²) >= 11 is 0. The average molecular weight is 211 g/mol. The SMILES string of the molecule is Cc1c(-c2ccccc2)nnc2ncnn12. The van der Waals surface area contributed by atoms with E-state index in [0.717, 1.165) is 17.0 Å². The minimum atomic E-state index is 0.525. The van der Waals surface area contributed by atoms with E-state index in [1.807, 2.05) is 37.3 Å². The van der Waals surface area contributed by atoms with Gasteiger partial charge in [0.15, 0.2) is 0 Å². The molecule has 0 radical (unpaired) electrons. The molecule has 0 N–H and O–H groups in total. The Labute approximate surface area is 91.8 Å². The maximum Gasteiger partial charge on any atom is 0.271 e. The van der Waals surface area contributed by atoms with E-state index in [9.17, 15) is 0 Å². The third-order valence-electron chi connectivity index (χ3n) is 2.48. The van der Waals surface area contributed by atoms with Gasteiger partial charge >= 0.3 is 0 Å². The van der Waals surface area contributed by atoms with Gasteiger partial charge < -0.3 is 0 Å². The van der Waals surface area contributed by atoms with E-state index in [-0.39, 0.29) is 0 Å². The van der Waals surface area contributed by atoms with Gasteiger partial charge in [-0.15, -0.1) is 10.2 Å². The number of aryl methyl sites for hydroxylation is 1. The summed E-state index contributed by atoms with van der Waals surface area (Å²) in [4.78, 5) is 3.99. The van der Waals surface area contributed by atoms with Crippen molar-refractivity contribution in [2.24, 2.45) is 0 Å². The zero-order valence-electron chi connectivity index (χ0n) is 8.70. The van der Waals surface area contributed by atoms with Crippen molar-refractivity contribution >= 4 is 5.78 Å². The lowest BCUT2D eigenvalue weighted by Gasteiger charge is -2.04. The molecule has 0 spiro atoms. The lowest BCUT2D eigenvalue weighted by molar-refractivity contribution is 0.853. The standard InChI is InChI=1S/C11H9N5/c1-8-10(9-5-3-2-4-6-9)14-15-11-12-7-13-16(8)11/h2-7H,1H3. The van der Waals surface area contributed by atoms with Gasteiger partial charge in [0, 0.05) is 5.56 Å². The molecular weight excluding hydrogens is 202 g/mol. The highest BCUT2D eigenvalue weighted by molar-refractivity contribution is 5.61. The zero-order valence-corrected chi connectivity index (χ0v) is 8.70. The molecule has 3 rings (SSSR count). The predicted molar refractivity (Wildman–Crippen MR) is 58.8 cm³/mol. The van der Waals surface area contributed by atoms with Gasteiger partial charge in [0.25, 0.3) is 5.78 Å². The van der Waals surface area contributed by atoms with Gasteiger partial charge in [-0.05, 0) is 6.92 Å². The van der Waals surface area contributed by atoms with Crippen molar-refractivity contribution in [1.82, 2.24) is 24.8 Å². The van der Waals surface area contributed by atoms with Crippen molar-refractivity contribution in [3.05, 3.63) is 42.4 Å². The Kier molecular flexibility index (Phi) is 1.89. The summed E-state index contributed by atoms with van der Waals surface area (Å²) in [5.74, 6) is 0.525. The first-order chi connectivity index (χ1) is 7.86. The monoisotopic (exact) mass is 211 g/mol. The number of hydrogen-bond donors (Lipinski definition) is 0. The van der Waals surface area contributed by atoms with Crippen LogP contribution < -0.4 is 0 Å². The molecule has 3 aromatic rings. The summed E-state index contributed by atoms with van der Waals surface area (Å²) in [5.41, 5.74) is 2.80. The first-order valence-corrected chi connectivity index (χ1v) is 4.95. The Balaban J connectivity index is 2.28. The van der Waals surface area contributed by atoms with Crippen LogP contribution in [-0.4, -0.2) is 24.8 Å². The number of nitrogens with zero attached hydrogens (tertiary/aromatic N) is 5. The molecule has 0 amide bonds. The molecule has 0 aliphatic carbocycles. The van der Waals surface area contributed by atoms with Gasteiger partial charge in [0.05, 0.1) is 5.69 Å². The van der Waals surface area contributed by atoms with Crippen LogP contribution in [0.2, 0.25) is 0 Å². The summed E-state index contributed by atoms with van der Waals surface area (Å²) in [5, 5.41) is 12.3. The second-order valence-corrected chi connectivity index (χ2v) is 3.47. The topological polar surface area (TPSA) is 56.0 Å². The van der Waals surface area contributed by atoms with Gasteiger partial charge in [-0.25, -0.2) is 0 Å². The summed E-state index contributed by atoms with van der Waals surface area (Å²) in [6.07, 6.45) is 1.48. The van der Waals surface area contributed by atoms with E-state index in [1.165, 1.54) is 6.33 Å². The molecular formula is C11H9N5. The molecule has 0 aliphatic heterocycles. The summed E-state index contributed by atoms with van der Waals surface area (Å²) in [7, 11) is 0. The third-order valence-corrected chi connectivity index (χ3v) is 2.48. The van der Waals surface area contributed by atoms with Crippen LogP contribution in [0, 0.1) is 6.92 Å². The van der Waals surface area contributed by atoms with Crippen molar-refractivity contribution in [1.29, 1.82) is 0 Å². The van der Waals surface area contributed by atoms with Crippen LogP contribution in [0.5, 0.6) is 0 Å². The van der Waals surface area contributed by atoms with Gasteiger partial charge in [0.1, 0.15) is 12.0 Å². The lowest BCUT2D eigenvalue weighted by Crippen LogP contribution is -2.02. The largest absolute Gasteiger partial charge is 0.271 e. The number of hydrogen-bond acceptors (Lipinski definition) is 4. The molecule has 0 bridgehead atoms. The fourth-order valence-corrected chi connectivity index (χ4v) is 1.67. The molecule has 0 saturated heterocycles. The summed E-state index contributed by atoms with van der Waals surface area (Å²) in [6.45, 7) is 1.96. The number of benzene rings is 1. The van der Waals surface area contributed by atoms with Crippen LogP contribution in [0.25, 0.3) is 17.0 Å². The Bertz CT molecular complexity index is 629. The van der Waals surface area contributed by atoms with E-state index in [0.29, 0.717) is 5.78 Å². The Morgan fingerprint density at radius 2 is 1.88 bits per heavy atom. The summed E-state index contributed by atoms with van der Waals surface area (Å²) < 4.78 is 1.69. The quantitative estimate of drug-likeness (QED) is 0.612. The second-order valence-electron chi connectivity index (χ2n) is 3.47. The Morgan fingerprint density at radius 1 is 1.06 bits per heavy atom. The lowest BCUT2D eigenvalue weighted by atomic mass is 10.1. The molecule has 2 aromatic heterocycles. The van der Waals surface area contributed by atoms with E-state index in [1.54, 1.807) is 4.52 Å². The van der Waals surface area contributed by atoms with E-state index in [2.05, 4.69) is 20.3 Å². The summed E-state index contributed by atoms with van der Waals surface area (Å²) in [6, 6.07) is 9.92. The Hall–Kier alpha value is -2.30. The van der Waals surface area contributed by atoms with Crippen LogP contribution >= 0.6 is 0 Å². The molecule has 2 heterocycles. The van der Waals surface area contributed by atoms with Crippen molar-refractivity contribution < 1.29 is 0 Å². The molecule has 1 aromatic carbocycles. The fourth-order valence-electron chi connectivity index (χ4n) is 1.67. The molecule has 0 fully saturated rings. The highest BCUT2D eigenvalue weighted by Crippen LogP contribution is 2.19. The molecule has 0 saturated carbocycles. The van der Waals surface area contributed by atoms with Crippen molar-refractivity contribution in [3.63, 3.8) is 0 Å². The van der Waals surface area contributed by atoms with E-state index >= 15 is 0 Å². The molecule has 0 aliphatic rings. The van der Waals surface area contributed by atoms with Gasteiger partial charge in [0.2, 0.25) is 0 Å². The van der Waals surface area contributed by atoms with Gasteiger partial charge in [-0.2, -0.15) is 14.6 Å². The van der Waals surface area contributed by atoms with Crippen LogP contribution in [0.15, 0.2) is 36.7 Å². The number of fused-ring (bicyclic) bond motifs is 1. The minimum Gasteiger partial charge on any atom is -0.198 e. The van der Waals surface area contributed by atoms with Crippen LogP contribution in [0.4, 0.5) is 0 Å². The molecule has 5 nitrogen and oxygen atoms in total. The van der Waals surface area contributed by atoms with Crippen molar-refractivity contribution in [2.45, 2.75) is 6.92 Å². The number of rotatable bonds is 1. The fraction of sp³-hybridized carbons (Fsp3) is 0.0909. The highest BCUT2D eigenvalue weighted by Gasteiger charge is 2.09. The molecule has 5 heteroatoms. The normalized spacial score (nSPS) is 10.8. The zero-order chi connectivity index (χ0) is 11.0. The highest BCUT2D eigenvalue weighted by atomic mass is 15.4. The Morgan fingerprint density at radius 3 is 2.69 bits per heavy atom. The van der Waals surface area contributed by atoms with Crippen LogP contribution in [0.3, 0.4) is 0 Å². The second kappa shape index (κ2) is 3.37. The maximum atomic E-state index is 4.18. The van der Waals surface area contributed by atoms with Crippen molar-refractivity contribution in [3.8, 4) is 11.3 Å². The molecule has 16 heavy (non-hydrogen) atoms. The minimum absolute atomic E-state index is 0.525. The number of aromatic nitrogens is 5. The van der Waals surface area contributed by atoms with Gasteiger partial charge in [-0.3, -0.25) is 0 Å². The predicted octanol–water partition coefficient (Wildman–Crippen LogP) is 1.49.